The Kier molecular flexibility index (Phi) is 3.67. The molecule has 3 aliphatic rings. The van der Waals surface area contributed by atoms with Gasteiger partial charge in [0.15, 0.2) is 0 Å². The number of unbranched alkanes of at least 4 members (excludes halogenated alkanes) is 1. The average Bonchev–Trinajstić information content (AvgIpc) is 3.12. The van der Waals surface area contributed by atoms with Gasteiger partial charge in [0.1, 0.15) is 11.8 Å². The molecule has 0 bridgehead atoms. The zero-order chi connectivity index (χ0) is 17.9. The lowest BCUT2D eigenvalue weighted by atomic mass is 9.76. The molecule has 2 saturated heterocycles. The highest BCUT2D eigenvalue weighted by molar-refractivity contribution is 6.31. The third-order valence-electron chi connectivity index (χ3n) is 5.81. The van der Waals surface area contributed by atoms with Crippen LogP contribution in [0.25, 0.3) is 0 Å². The first-order chi connectivity index (χ1) is 11.9. The maximum absolute atomic E-state index is 13.1. The van der Waals surface area contributed by atoms with Gasteiger partial charge in [-0.05, 0) is 31.5 Å². The topological polar surface area (TPSA) is 83.1 Å². The summed E-state index contributed by atoms with van der Waals surface area (Å²) in [5.41, 5.74) is 0.284. The van der Waals surface area contributed by atoms with Crippen molar-refractivity contribution in [2.24, 2.45) is 11.8 Å². The van der Waals surface area contributed by atoms with Crippen molar-refractivity contribution in [3.05, 3.63) is 28.8 Å². The summed E-state index contributed by atoms with van der Waals surface area (Å²) in [7, 11) is 0. The Morgan fingerprint density at radius 1 is 1.28 bits per heavy atom. The molecule has 25 heavy (non-hydrogen) atoms. The van der Waals surface area contributed by atoms with E-state index in [1.54, 1.807) is 18.2 Å². The van der Waals surface area contributed by atoms with Gasteiger partial charge in [0.05, 0.1) is 11.7 Å². The second-order valence-electron chi connectivity index (χ2n) is 7.22. The summed E-state index contributed by atoms with van der Waals surface area (Å²) in [5.74, 6) is -1.76. The summed E-state index contributed by atoms with van der Waals surface area (Å²) in [5, 5.41) is 5.27. The number of nitrogens with two attached hydrogens (primary N) is 1. The van der Waals surface area contributed by atoms with Crippen molar-refractivity contribution in [3.8, 4) is 0 Å². The van der Waals surface area contributed by atoms with Crippen LogP contribution in [0.5, 0.6) is 0 Å². The molecule has 0 saturated carbocycles. The quantitative estimate of drug-likeness (QED) is 0.782. The van der Waals surface area contributed by atoms with Gasteiger partial charge in [0.25, 0.3) is 5.91 Å². The predicted molar refractivity (Wildman–Crippen MR) is 91.8 cm³/mol. The van der Waals surface area contributed by atoms with Crippen LogP contribution in [-0.4, -0.2) is 35.2 Å². The molecule has 0 radical (unpaired) electrons. The summed E-state index contributed by atoms with van der Waals surface area (Å²) in [6.45, 7) is 4.36. The molecule has 132 valence electrons. The van der Waals surface area contributed by atoms with E-state index in [1.165, 1.54) is 4.90 Å². The first-order valence-electron chi connectivity index (χ1n) is 8.74. The van der Waals surface area contributed by atoms with Crippen LogP contribution in [0.3, 0.4) is 0 Å². The fourth-order valence-electron chi connectivity index (χ4n) is 4.71. The van der Waals surface area contributed by atoms with E-state index in [-0.39, 0.29) is 23.8 Å². The van der Waals surface area contributed by atoms with Crippen molar-refractivity contribution < 1.29 is 19.7 Å². The summed E-state index contributed by atoms with van der Waals surface area (Å²) in [6, 6.07) is 5.06. The van der Waals surface area contributed by atoms with Crippen molar-refractivity contribution in [1.82, 2.24) is 4.90 Å². The van der Waals surface area contributed by atoms with Crippen LogP contribution in [-0.2, 0) is 19.9 Å². The number of rotatable bonds is 3. The van der Waals surface area contributed by atoms with Gasteiger partial charge >= 0.3 is 0 Å². The maximum atomic E-state index is 13.1. The number of anilines is 1. The van der Waals surface area contributed by atoms with Gasteiger partial charge in [-0.1, -0.05) is 24.9 Å². The number of halogens is 1. The SMILES string of the molecule is CCCCN1C(=O)[C@H]2[C@@H](C1=O)[C@]1([NH2+][C@@H]2C)C(=O)Nc2ccc(Cl)cc21. The molecule has 3 amide bonds. The standard InChI is InChI=1S/C18H20ClN3O3/c1-3-4-7-22-15(23)13-9(2)21-18(14(13)16(22)24)11-8-10(19)5-6-12(11)20-17(18)25/h5-6,8-9,13-14,21H,3-4,7H2,1-2H3,(H,20,25)/p+1/t9-,13-,14+,18+/m1/s1. The Bertz CT molecular complexity index is 796. The number of carbonyl (C=O) groups is 3. The number of fused-ring (bicyclic) bond motifs is 4. The molecule has 4 rings (SSSR count). The van der Waals surface area contributed by atoms with E-state index in [9.17, 15) is 14.4 Å². The molecule has 0 aliphatic carbocycles. The van der Waals surface area contributed by atoms with Gasteiger partial charge in [-0.25, -0.2) is 0 Å². The van der Waals surface area contributed by atoms with E-state index in [0.29, 0.717) is 22.8 Å². The summed E-state index contributed by atoms with van der Waals surface area (Å²) in [6.07, 6.45) is 1.68. The third kappa shape index (κ3) is 2.04. The minimum absolute atomic E-state index is 0.146. The van der Waals surface area contributed by atoms with Crippen molar-refractivity contribution in [2.75, 3.05) is 11.9 Å². The highest BCUT2D eigenvalue weighted by Gasteiger charge is 2.73. The van der Waals surface area contributed by atoms with Gasteiger partial charge in [0, 0.05) is 17.1 Å². The molecule has 6 nitrogen and oxygen atoms in total. The molecule has 0 aromatic heterocycles. The van der Waals surface area contributed by atoms with Crippen LogP contribution in [0.2, 0.25) is 5.02 Å². The number of nitrogens with zero attached hydrogens (tertiary/aromatic N) is 1. The molecule has 3 N–H and O–H groups in total. The minimum atomic E-state index is -1.10. The van der Waals surface area contributed by atoms with Gasteiger partial charge in [-0.3, -0.25) is 19.3 Å². The fraction of sp³-hybridized carbons (Fsp3) is 0.500. The van der Waals surface area contributed by atoms with E-state index in [0.717, 1.165) is 12.8 Å². The fourth-order valence-corrected chi connectivity index (χ4v) is 4.88. The lowest BCUT2D eigenvalue weighted by Gasteiger charge is -2.25. The van der Waals surface area contributed by atoms with Crippen LogP contribution in [0, 0.1) is 11.8 Å². The number of carbonyl (C=O) groups excluding carboxylic acids is 3. The first-order valence-corrected chi connectivity index (χ1v) is 9.12. The second-order valence-corrected chi connectivity index (χ2v) is 7.66. The zero-order valence-electron chi connectivity index (χ0n) is 14.2. The van der Waals surface area contributed by atoms with Crippen molar-refractivity contribution in [3.63, 3.8) is 0 Å². The van der Waals surface area contributed by atoms with Gasteiger partial charge in [0.2, 0.25) is 17.4 Å². The van der Waals surface area contributed by atoms with Crippen molar-refractivity contribution in [2.45, 2.75) is 38.3 Å². The van der Waals surface area contributed by atoms with Crippen LogP contribution in [0.4, 0.5) is 5.69 Å². The molecule has 3 aliphatic heterocycles. The van der Waals surface area contributed by atoms with Crippen LogP contribution < -0.4 is 10.6 Å². The predicted octanol–water partition coefficient (Wildman–Crippen LogP) is 0.854. The van der Waals surface area contributed by atoms with Crippen molar-refractivity contribution in [1.29, 1.82) is 0 Å². The molecule has 3 heterocycles. The van der Waals surface area contributed by atoms with E-state index in [2.05, 4.69) is 5.32 Å². The Hall–Kier alpha value is -1.92. The Labute approximate surface area is 150 Å². The Morgan fingerprint density at radius 2 is 2.04 bits per heavy atom. The molecule has 1 spiro atoms. The molecule has 0 unspecified atom stereocenters. The Morgan fingerprint density at radius 3 is 2.76 bits per heavy atom. The number of amides is 3. The van der Waals surface area contributed by atoms with Gasteiger partial charge in [-0.15, -0.1) is 0 Å². The number of hydrogen-bond acceptors (Lipinski definition) is 3. The monoisotopic (exact) mass is 362 g/mol. The van der Waals surface area contributed by atoms with E-state index >= 15 is 0 Å². The second kappa shape index (κ2) is 5.54. The maximum Gasteiger partial charge on any atom is 0.291 e. The average molecular weight is 363 g/mol. The number of nitrogens with one attached hydrogen (secondary N) is 1. The number of hydrogen-bond donors (Lipinski definition) is 2. The van der Waals surface area contributed by atoms with Crippen LogP contribution >= 0.6 is 11.6 Å². The normalized spacial score (nSPS) is 33.2. The lowest BCUT2D eigenvalue weighted by Crippen LogP contribution is -2.98. The molecule has 4 atom stereocenters. The van der Waals surface area contributed by atoms with E-state index < -0.39 is 17.4 Å². The summed E-state index contributed by atoms with van der Waals surface area (Å²) >= 11 is 6.16. The third-order valence-corrected chi connectivity index (χ3v) is 6.05. The molecule has 7 heteroatoms. The number of benzene rings is 1. The van der Waals surface area contributed by atoms with E-state index in [4.69, 9.17) is 11.6 Å². The highest BCUT2D eigenvalue weighted by Crippen LogP contribution is 2.49. The van der Waals surface area contributed by atoms with Gasteiger partial charge < -0.3 is 10.6 Å². The number of likely N-dealkylation sites (tertiary alicyclic amines) is 1. The molecule has 1 aromatic rings. The first kappa shape index (κ1) is 16.5. The molecule has 2 fully saturated rings. The Balaban J connectivity index is 1.83. The minimum Gasteiger partial charge on any atom is -0.326 e. The summed E-state index contributed by atoms with van der Waals surface area (Å²) < 4.78 is 0. The number of quaternary nitrogens is 1. The lowest BCUT2D eigenvalue weighted by molar-refractivity contribution is -0.730. The summed E-state index contributed by atoms with van der Waals surface area (Å²) in [4.78, 5) is 40.3. The van der Waals surface area contributed by atoms with Crippen molar-refractivity contribution >= 4 is 35.0 Å². The molecule has 1 aromatic carbocycles. The van der Waals surface area contributed by atoms with Crippen LogP contribution in [0.15, 0.2) is 18.2 Å². The molecular formula is C18H21ClN3O3+. The smallest absolute Gasteiger partial charge is 0.291 e. The zero-order valence-corrected chi connectivity index (χ0v) is 15.0. The largest absolute Gasteiger partial charge is 0.326 e. The highest BCUT2D eigenvalue weighted by atomic mass is 35.5. The number of imide groups is 1. The van der Waals surface area contributed by atoms with E-state index in [1.807, 2.05) is 19.2 Å². The van der Waals surface area contributed by atoms with Crippen LogP contribution in [0.1, 0.15) is 32.3 Å². The molecular weight excluding hydrogens is 342 g/mol. The van der Waals surface area contributed by atoms with Gasteiger partial charge in [-0.2, -0.15) is 0 Å².